The van der Waals surface area contributed by atoms with Gasteiger partial charge in [-0.3, -0.25) is 9.59 Å². The van der Waals surface area contributed by atoms with Crippen LogP contribution in [0.4, 0.5) is 0 Å². The van der Waals surface area contributed by atoms with Crippen molar-refractivity contribution in [1.29, 1.82) is 0 Å². The molecule has 0 saturated heterocycles. The van der Waals surface area contributed by atoms with Gasteiger partial charge in [0.25, 0.3) is 0 Å². The summed E-state index contributed by atoms with van der Waals surface area (Å²) < 4.78 is 9.41. The fraction of sp³-hybridized carbons (Fsp3) is 0.700. The highest BCUT2D eigenvalue weighted by atomic mass is 35.5. The molecule has 0 bridgehead atoms. The molecule has 0 aromatic rings. The molecule has 0 rings (SSSR count). The average Bonchev–Trinajstić information content (AvgIpc) is 2.28. The predicted molar refractivity (Wildman–Crippen MR) is 60.5 cm³/mol. The van der Waals surface area contributed by atoms with E-state index in [1.54, 1.807) is 13.8 Å². The third kappa shape index (κ3) is 6.78. The summed E-state index contributed by atoms with van der Waals surface area (Å²) >= 11 is 5.30. The molecule has 17 heavy (non-hydrogen) atoms. The van der Waals surface area contributed by atoms with Gasteiger partial charge in [0.2, 0.25) is 5.91 Å². The molecule has 0 aromatic heterocycles. The van der Waals surface area contributed by atoms with Gasteiger partial charge in [0.1, 0.15) is 11.9 Å². The highest BCUT2D eigenvalue weighted by Crippen LogP contribution is 1.99. The Morgan fingerprint density at radius 1 is 1.18 bits per heavy atom. The first kappa shape index (κ1) is 15.7. The van der Waals surface area contributed by atoms with Crippen LogP contribution in [-0.4, -0.2) is 43.0 Å². The fourth-order valence-corrected chi connectivity index (χ4v) is 1.13. The highest BCUT2D eigenvalue weighted by molar-refractivity contribution is 6.27. The Morgan fingerprint density at radius 2 is 1.76 bits per heavy atom. The van der Waals surface area contributed by atoms with Crippen LogP contribution in [0.3, 0.4) is 0 Å². The molecule has 0 aliphatic carbocycles. The number of halogens is 1. The van der Waals surface area contributed by atoms with E-state index >= 15 is 0 Å². The topological polar surface area (TPSA) is 81.7 Å². The lowest BCUT2D eigenvalue weighted by Gasteiger charge is -2.15. The van der Waals surface area contributed by atoms with Gasteiger partial charge in [-0.15, -0.1) is 11.6 Å². The van der Waals surface area contributed by atoms with Crippen molar-refractivity contribution >= 4 is 29.4 Å². The fourth-order valence-electron chi connectivity index (χ4n) is 1.06. The van der Waals surface area contributed by atoms with E-state index in [0.29, 0.717) is 0 Å². The molecule has 1 N–H and O–H groups in total. The minimum atomic E-state index is -1.06. The van der Waals surface area contributed by atoms with E-state index in [2.05, 4.69) is 10.1 Å². The molecule has 6 nitrogen and oxygen atoms in total. The third-order valence-corrected chi connectivity index (χ3v) is 1.95. The summed E-state index contributed by atoms with van der Waals surface area (Å²) in [7, 11) is 0. The first-order valence-corrected chi connectivity index (χ1v) is 5.76. The van der Waals surface area contributed by atoms with Crippen LogP contribution in [0, 0.1) is 0 Å². The second kappa shape index (κ2) is 8.81. The zero-order valence-electron chi connectivity index (χ0n) is 9.82. The minimum absolute atomic E-state index is 0.162. The summed E-state index contributed by atoms with van der Waals surface area (Å²) in [6.07, 6.45) is -0.269. The second-order valence-electron chi connectivity index (χ2n) is 3.01. The molecular formula is C10H16ClNO5. The van der Waals surface area contributed by atoms with Gasteiger partial charge in [0.15, 0.2) is 0 Å². The van der Waals surface area contributed by atoms with Crippen molar-refractivity contribution < 1.29 is 23.9 Å². The van der Waals surface area contributed by atoms with Gasteiger partial charge in [-0.05, 0) is 13.8 Å². The monoisotopic (exact) mass is 265 g/mol. The maximum atomic E-state index is 11.4. The molecule has 98 valence electrons. The van der Waals surface area contributed by atoms with Gasteiger partial charge in [-0.25, -0.2) is 4.79 Å². The van der Waals surface area contributed by atoms with Crippen LogP contribution in [0.2, 0.25) is 0 Å². The zero-order chi connectivity index (χ0) is 13.3. The van der Waals surface area contributed by atoms with E-state index in [1.807, 2.05) is 0 Å². The lowest BCUT2D eigenvalue weighted by Crippen LogP contribution is -2.44. The number of esters is 2. The maximum absolute atomic E-state index is 11.4. The van der Waals surface area contributed by atoms with Crippen LogP contribution in [0.5, 0.6) is 0 Å². The van der Waals surface area contributed by atoms with E-state index in [-0.39, 0.29) is 25.5 Å². The van der Waals surface area contributed by atoms with E-state index in [1.165, 1.54) is 0 Å². The van der Waals surface area contributed by atoms with Crippen molar-refractivity contribution in [3.63, 3.8) is 0 Å². The van der Waals surface area contributed by atoms with Gasteiger partial charge >= 0.3 is 11.9 Å². The maximum Gasteiger partial charge on any atom is 0.329 e. The highest BCUT2D eigenvalue weighted by Gasteiger charge is 2.25. The van der Waals surface area contributed by atoms with Crippen molar-refractivity contribution in [3.05, 3.63) is 0 Å². The Kier molecular flexibility index (Phi) is 8.13. The minimum Gasteiger partial charge on any atom is -0.466 e. The Hall–Kier alpha value is -1.30. The van der Waals surface area contributed by atoms with Gasteiger partial charge in [0, 0.05) is 0 Å². The molecule has 7 heteroatoms. The normalized spacial score (nSPS) is 11.5. The first-order chi connectivity index (χ1) is 8.04. The van der Waals surface area contributed by atoms with Crippen molar-refractivity contribution in [1.82, 2.24) is 5.32 Å². The SMILES string of the molecule is CCOC(=O)C[C@H](NC(=O)CCl)C(=O)OCC. The first-order valence-electron chi connectivity index (χ1n) is 5.22. The molecular weight excluding hydrogens is 250 g/mol. The molecule has 1 atom stereocenters. The van der Waals surface area contributed by atoms with Crippen LogP contribution in [0.1, 0.15) is 20.3 Å². The molecule has 0 aliphatic rings. The van der Waals surface area contributed by atoms with Crippen molar-refractivity contribution in [3.8, 4) is 0 Å². The number of rotatable bonds is 7. The standard InChI is InChI=1S/C10H16ClNO5/c1-3-16-9(14)5-7(10(15)17-4-2)12-8(13)6-11/h7H,3-6H2,1-2H3,(H,12,13)/t7-/m0/s1. The van der Waals surface area contributed by atoms with Crippen LogP contribution in [-0.2, 0) is 23.9 Å². The molecule has 0 aliphatic heterocycles. The third-order valence-electron chi connectivity index (χ3n) is 1.70. The van der Waals surface area contributed by atoms with Gasteiger partial charge in [-0.1, -0.05) is 0 Å². The molecule has 1 amide bonds. The van der Waals surface area contributed by atoms with Gasteiger partial charge < -0.3 is 14.8 Å². The molecule has 0 unspecified atom stereocenters. The average molecular weight is 266 g/mol. The quantitative estimate of drug-likeness (QED) is 0.526. The Labute approximate surface area is 105 Å². The van der Waals surface area contributed by atoms with Crippen molar-refractivity contribution in [2.45, 2.75) is 26.3 Å². The van der Waals surface area contributed by atoms with Crippen LogP contribution < -0.4 is 5.32 Å². The largest absolute Gasteiger partial charge is 0.466 e. The molecule has 0 aromatic carbocycles. The van der Waals surface area contributed by atoms with Crippen molar-refractivity contribution in [2.75, 3.05) is 19.1 Å². The molecule has 0 heterocycles. The van der Waals surface area contributed by atoms with Crippen LogP contribution in [0.25, 0.3) is 0 Å². The Bertz CT molecular complexity index is 282. The molecule has 0 fully saturated rings. The van der Waals surface area contributed by atoms with E-state index in [9.17, 15) is 14.4 Å². The molecule has 0 radical (unpaired) electrons. The van der Waals surface area contributed by atoms with Crippen LogP contribution >= 0.6 is 11.6 Å². The summed E-state index contributed by atoms with van der Waals surface area (Å²) in [6, 6.07) is -1.06. The smallest absolute Gasteiger partial charge is 0.329 e. The number of alkyl halides is 1. The van der Waals surface area contributed by atoms with Crippen LogP contribution in [0.15, 0.2) is 0 Å². The number of ether oxygens (including phenoxy) is 2. The van der Waals surface area contributed by atoms with E-state index < -0.39 is 23.9 Å². The summed E-state index contributed by atoms with van der Waals surface area (Å²) in [5.41, 5.74) is 0. The van der Waals surface area contributed by atoms with E-state index in [4.69, 9.17) is 16.3 Å². The van der Waals surface area contributed by atoms with E-state index in [0.717, 1.165) is 0 Å². The summed E-state index contributed by atoms with van der Waals surface area (Å²) in [6.45, 7) is 3.64. The predicted octanol–water partition coefficient (Wildman–Crippen LogP) is 0.226. The summed E-state index contributed by atoms with van der Waals surface area (Å²) in [4.78, 5) is 33.7. The Balaban J connectivity index is 4.44. The van der Waals surface area contributed by atoms with Crippen molar-refractivity contribution in [2.24, 2.45) is 0 Å². The Morgan fingerprint density at radius 3 is 2.24 bits per heavy atom. The number of hydrogen-bond acceptors (Lipinski definition) is 5. The number of hydrogen-bond donors (Lipinski definition) is 1. The van der Waals surface area contributed by atoms with Gasteiger partial charge in [0.05, 0.1) is 19.6 Å². The number of carbonyl (C=O) groups is 3. The second-order valence-corrected chi connectivity index (χ2v) is 3.28. The number of nitrogens with one attached hydrogen (secondary N) is 1. The summed E-state index contributed by atoms with van der Waals surface area (Å²) in [5.74, 6) is -2.10. The molecule has 0 spiro atoms. The number of amides is 1. The summed E-state index contributed by atoms with van der Waals surface area (Å²) in [5, 5.41) is 2.29. The number of carbonyl (C=O) groups excluding carboxylic acids is 3. The van der Waals surface area contributed by atoms with Gasteiger partial charge in [-0.2, -0.15) is 0 Å². The zero-order valence-corrected chi connectivity index (χ0v) is 10.6. The lowest BCUT2D eigenvalue weighted by molar-refractivity contribution is -0.153. The lowest BCUT2D eigenvalue weighted by atomic mass is 10.2. The molecule has 0 saturated carbocycles.